The van der Waals surface area contributed by atoms with Crippen LogP contribution in [-0.2, 0) is 6.61 Å². The van der Waals surface area contributed by atoms with E-state index in [2.05, 4.69) is 13.8 Å². The van der Waals surface area contributed by atoms with Crippen LogP contribution < -0.4 is 4.74 Å². The van der Waals surface area contributed by atoms with Crippen LogP contribution in [0.25, 0.3) is 0 Å². The zero-order valence-electron chi connectivity index (χ0n) is 12.2. The second-order valence-electron chi connectivity index (χ2n) is 5.26. The third-order valence-corrected chi connectivity index (χ3v) is 3.41. The molecule has 2 nitrogen and oxygen atoms in total. The van der Waals surface area contributed by atoms with Gasteiger partial charge in [-0.2, -0.15) is 0 Å². The van der Waals surface area contributed by atoms with Crippen molar-refractivity contribution in [3.05, 3.63) is 64.7 Å². The maximum Gasteiger partial charge on any atom is 0.154 e. The Morgan fingerprint density at radius 3 is 2.40 bits per heavy atom. The maximum atomic E-state index is 11.4. The van der Waals surface area contributed by atoms with Crippen molar-refractivity contribution in [1.29, 1.82) is 0 Å². The summed E-state index contributed by atoms with van der Waals surface area (Å²) in [6.45, 7) is 6.62. The highest BCUT2D eigenvalue weighted by molar-refractivity contribution is 5.82. The molecule has 20 heavy (non-hydrogen) atoms. The first-order valence-electron chi connectivity index (χ1n) is 6.89. The second-order valence-corrected chi connectivity index (χ2v) is 5.26. The van der Waals surface area contributed by atoms with Crippen LogP contribution >= 0.6 is 0 Å². The summed E-state index contributed by atoms with van der Waals surface area (Å²) in [4.78, 5) is 11.4. The first-order valence-corrected chi connectivity index (χ1v) is 6.89. The lowest BCUT2D eigenvalue weighted by molar-refractivity contribution is 0.111. The van der Waals surface area contributed by atoms with Crippen molar-refractivity contribution in [2.75, 3.05) is 0 Å². The van der Waals surface area contributed by atoms with Gasteiger partial charge in [-0.1, -0.05) is 56.3 Å². The van der Waals surface area contributed by atoms with Gasteiger partial charge < -0.3 is 4.74 Å². The zero-order chi connectivity index (χ0) is 14.5. The fourth-order valence-electron chi connectivity index (χ4n) is 2.21. The smallest absolute Gasteiger partial charge is 0.154 e. The number of rotatable bonds is 5. The minimum atomic E-state index is 0.320. The Morgan fingerprint density at radius 1 is 1.10 bits per heavy atom. The number of benzene rings is 2. The van der Waals surface area contributed by atoms with Gasteiger partial charge in [0.1, 0.15) is 12.4 Å². The van der Waals surface area contributed by atoms with Crippen molar-refractivity contribution in [2.45, 2.75) is 33.3 Å². The van der Waals surface area contributed by atoms with Crippen LogP contribution in [0, 0.1) is 6.92 Å². The summed E-state index contributed by atoms with van der Waals surface area (Å²) in [6.07, 6.45) is 0.890. The van der Waals surface area contributed by atoms with Crippen LogP contribution in [0.3, 0.4) is 0 Å². The summed E-state index contributed by atoms with van der Waals surface area (Å²) >= 11 is 0. The lowest BCUT2D eigenvalue weighted by Gasteiger charge is -2.17. The number of aldehydes is 1. The topological polar surface area (TPSA) is 26.3 Å². The van der Waals surface area contributed by atoms with E-state index in [9.17, 15) is 4.79 Å². The molecule has 0 atom stereocenters. The lowest BCUT2D eigenvalue weighted by atomic mass is 9.96. The van der Waals surface area contributed by atoms with Gasteiger partial charge in [0.05, 0.1) is 5.56 Å². The standard InChI is InChI=1S/C18H20O2/c1-13(2)16-10-9-14(3)17(11-19)18(16)20-12-15-7-5-4-6-8-15/h4-11,13H,12H2,1-3H3. The molecule has 0 radical (unpaired) electrons. The van der Waals surface area contributed by atoms with E-state index in [0.29, 0.717) is 18.1 Å². The summed E-state index contributed by atoms with van der Waals surface area (Å²) in [6, 6.07) is 14.0. The minimum Gasteiger partial charge on any atom is -0.488 e. The molecule has 0 fully saturated rings. The van der Waals surface area contributed by atoms with E-state index in [-0.39, 0.29) is 0 Å². The molecule has 0 aliphatic carbocycles. The van der Waals surface area contributed by atoms with Crippen molar-refractivity contribution >= 4 is 6.29 Å². The highest BCUT2D eigenvalue weighted by Crippen LogP contribution is 2.32. The molecule has 0 spiro atoms. The molecule has 2 aromatic carbocycles. The third kappa shape index (κ3) is 3.08. The van der Waals surface area contributed by atoms with Crippen molar-refractivity contribution in [2.24, 2.45) is 0 Å². The van der Waals surface area contributed by atoms with Gasteiger partial charge in [-0.15, -0.1) is 0 Å². The van der Waals surface area contributed by atoms with Crippen LogP contribution in [0.5, 0.6) is 5.75 Å². The largest absolute Gasteiger partial charge is 0.488 e. The molecule has 0 aliphatic rings. The summed E-state index contributed by atoms with van der Waals surface area (Å²) in [7, 11) is 0. The van der Waals surface area contributed by atoms with E-state index in [0.717, 1.165) is 28.7 Å². The lowest BCUT2D eigenvalue weighted by Crippen LogP contribution is -2.04. The van der Waals surface area contributed by atoms with Crippen molar-refractivity contribution in [3.63, 3.8) is 0 Å². The fraction of sp³-hybridized carbons (Fsp3) is 0.278. The van der Waals surface area contributed by atoms with Crippen molar-refractivity contribution in [1.82, 2.24) is 0 Å². The molecule has 0 bridgehead atoms. The predicted molar refractivity (Wildman–Crippen MR) is 81.4 cm³/mol. The molecule has 0 saturated carbocycles. The molecule has 0 amide bonds. The van der Waals surface area contributed by atoms with Crippen LogP contribution in [0.15, 0.2) is 42.5 Å². The number of carbonyl (C=O) groups is 1. The van der Waals surface area contributed by atoms with E-state index in [1.807, 2.05) is 49.4 Å². The third-order valence-electron chi connectivity index (χ3n) is 3.41. The maximum absolute atomic E-state index is 11.4. The minimum absolute atomic E-state index is 0.320. The molecule has 104 valence electrons. The Labute approximate surface area is 120 Å². The van der Waals surface area contributed by atoms with Gasteiger partial charge in [-0.3, -0.25) is 4.79 Å². The molecule has 2 rings (SSSR count). The Bertz CT molecular complexity index is 586. The Morgan fingerprint density at radius 2 is 1.80 bits per heavy atom. The number of ether oxygens (including phenoxy) is 1. The highest BCUT2D eigenvalue weighted by Gasteiger charge is 2.14. The molecule has 0 aromatic heterocycles. The fourth-order valence-corrected chi connectivity index (χ4v) is 2.21. The number of carbonyl (C=O) groups excluding carboxylic acids is 1. The highest BCUT2D eigenvalue weighted by atomic mass is 16.5. The summed E-state index contributed by atoms with van der Waals surface area (Å²) in [5.74, 6) is 1.04. The molecule has 0 N–H and O–H groups in total. The monoisotopic (exact) mass is 268 g/mol. The molecular weight excluding hydrogens is 248 g/mol. The van der Waals surface area contributed by atoms with Gasteiger partial charge in [0.25, 0.3) is 0 Å². The van der Waals surface area contributed by atoms with Crippen molar-refractivity contribution in [3.8, 4) is 5.75 Å². The second kappa shape index (κ2) is 6.38. The normalized spacial score (nSPS) is 10.6. The van der Waals surface area contributed by atoms with E-state index in [1.165, 1.54) is 0 Å². The van der Waals surface area contributed by atoms with Crippen molar-refractivity contribution < 1.29 is 9.53 Å². The Kier molecular flexibility index (Phi) is 4.57. The van der Waals surface area contributed by atoms with Gasteiger partial charge in [-0.05, 0) is 29.5 Å². The molecule has 0 aliphatic heterocycles. The van der Waals surface area contributed by atoms with Gasteiger partial charge in [0.15, 0.2) is 6.29 Å². The molecule has 2 aromatic rings. The van der Waals surface area contributed by atoms with Gasteiger partial charge in [0, 0.05) is 0 Å². The van der Waals surface area contributed by atoms with Gasteiger partial charge in [-0.25, -0.2) is 0 Å². The van der Waals surface area contributed by atoms with Crippen LogP contribution in [0.2, 0.25) is 0 Å². The predicted octanol–water partition coefficient (Wildman–Crippen LogP) is 4.51. The van der Waals surface area contributed by atoms with E-state index >= 15 is 0 Å². The van der Waals surface area contributed by atoms with Crippen LogP contribution in [0.4, 0.5) is 0 Å². The number of aryl methyl sites for hydroxylation is 1. The van der Waals surface area contributed by atoms with Gasteiger partial charge in [0.2, 0.25) is 0 Å². The number of hydrogen-bond donors (Lipinski definition) is 0. The van der Waals surface area contributed by atoms with Gasteiger partial charge >= 0.3 is 0 Å². The molecular formula is C18H20O2. The molecule has 0 heterocycles. The van der Waals surface area contributed by atoms with Crippen LogP contribution in [-0.4, -0.2) is 6.29 Å². The summed E-state index contributed by atoms with van der Waals surface area (Å²) in [5.41, 5.74) is 3.79. The Hall–Kier alpha value is -2.09. The van der Waals surface area contributed by atoms with E-state index < -0.39 is 0 Å². The van der Waals surface area contributed by atoms with Crippen LogP contribution in [0.1, 0.15) is 46.8 Å². The van der Waals surface area contributed by atoms with E-state index in [1.54, 1.807) is 0 Å². The first kappa shape index (κ1) is 14.3. The zero-order valence-corrected chi connectivity index (χ0v) is 12.2. The molecule has 0 saturated heterocycles. The van der Waals surface area contributed by atoms with E-state index in [4.69, 9.17) is 4.74 Å². The average Bonchev–Trinajstić information content (AvgIpc) is 2.45. The number of hydrogen-bond acceptors (Lipinski definition) is 2. The quantitative estimate of drug-likeness (QED) is 0.746. The molecule has 0 unspecified atom stereocenters. The molecule has 2 heteroatoms. The SMILES string of the molecule is Cc1ccc(C(C)C)c(OCc2ccccc2)c1C=O. The summed E-state index contributed by atoms with van der Waals surface area (Å²) < 4.78 is 5.96. The first-order chi connectivity index (χ1) is 9.63. The average molecular weight is 268 g/mol. The summed E-state index contributed by atoms with van der Waals surface area (Å²) in [5, 5.41) is 0. The Balaban J connectivity index is 2.33.